The second kappa shape index (κ2) is 4.87. The second-order valence-corrected chi connectivity index (χ2v) is 6.24. The molecule has 0 bridgehead atoms. The summed E-state index contributed by atoms with van der Waals surface area (Å²) in [4.78, 5) is 7.16. The molecular weight excluding hydrogens is 270 g/mol. The maximum atomic E-state index is 4.73. The summed E-state index contributed by atoms with van der Waals surface area (Å²) < 4.78 is 2.27. The first-order valence-corrected chi connectivity index (χ1v) is 7.89. The van der Waals surface area contributed by atoms with Crippen molar-refractivity contribution in [1.82, 2.24) is 9.55 Å². The van der Waals surface area contributed by atoms with E-state index in [0.29, 0.717) is 0 Å². The van der Waals surface area contributed by atoms with Crippen LogP contribution in [0.5, 0.6) is 0 Å². The minimum atomic E-state index is 0.954. The van der Waals surface area contributed by atoms with Crippen LogP contribution in [0.15, 0.2) is 36.5 Å². The van der Waals surface area contributed by atoms with E-state index < -0.39 is 0 Å². The van der Waals surface area contributed by atoms with Crippen LogP contribution in [0.2, 0.25) is 0 Å². The van der Waals surface area contributed by atoms with Gasteiger partial charge in [0.25, 0.3) is 0 Å². The molecule has 1 aliphatic rings. The lowest BCUT2D eigenvalue weighted by molar-refractivity contribution is 0.724. The standard InChI is InChI=1S/C19H21N3/c1-13-14(2)21(3)17-8-10-20-19(18(13)17)22-11-9-15-6-4-5-7-16(15)12-22/h4-8,10H,9,11-12H2,1-3H3. The van der Waals surface area contributed by atoms with E-state index in [-0.39, 0.29) is 0 Å². The summed E-state index contributed by atoms with van der Waals surface area (Å²) in [5.74, 6) is 1.13. The summed E-state index contributed by atoms with van der Waals surface area (Å²) in [5.41, 5.74) is 6.85. The number of nitrogens with zero attached hydrogens (tertiary/aromatic N) is 3. The Balaban J connectivity index is 1.84. The van der Waals surface area contributed by atoms with Gasteiger partial charge >= 0.3 is 0 Å². The van der Waals surface area contributed by atoms with Crippen molar-refractivity contribution < 1.29 is 0 Å². The molecule has 0 unspecified atom stereocenters. The highest BCUT2D eigenvalue weighted by atomic mass is 15.2. The Morgan fingerprint density at radius 3 is 2.64 bits per heavy atom. The summed E-state index contributed by atoms with van der Waals surface area (Å²) in [6.07, 6.45) is 3.04. The monoisotopic (exact) mass is 291 g/mol. The van der Waals surface area contributed by atoms with Crippen LogP contribution in [0.25, 0.3) is 10.9 Å². The molecule has 0 spiro atoms. The predicted octanol–water partition coefficient (Wildman–Crippen LogP) is 3.75. The van der Waals surface area contributed by atoms with Gasteiger partial charge in [0.2, 0.25) is 0 Å². The molecule has 3 aromatic rings. The van der Waals surface area contributed by atoms with E-state index >= 15 is 0 Å². The number of aryl methyl sites for hydroxylation is 2. The van der Waals surface area contributed by atoms with Crippen LogP contribution in [0.1, 0.15) is 22.4 Å². The Morgan fingerprint density at radius 1 is 1.05 bits per heavy atom. The molecule has 1 aromatic carbocycles. The Morgan fingerprint density at radius 2 is 1.82 bits per heavy atom. The molecule has 22 heavy (non-hydrogen) atoms. The van der Waals surface area contributed by atoms with Gasteiger partial charge in [0, 0.05) is 37.4 Å². The van der Waals surface area contributed by atoms with E-state index in [1.807, 2.05) is 6.20 Å². The van der Waals surface area contributed by atoms with E-state index in [9.17, 15) is 0 Å². The van der Waals surface area contributed by atoms with Gasteiger partial charge in [-0.15, -0.1) is 0 Å². The predicted molar refractivity (Wildman–Crippen MR) is 91.4 cm³/mol. The molecule has 112 valence electrons. The SMILES string of the molecule is Cc1c(C)n(C)c2ccnc(N3CCc4ccccc4C3)c12. The van der Waals surface area contributed by atoms with Crippen molar-refractivity contribution in [2.75, 3.05) is 11.4 Å². The number of anilines is 1. The number of fused-ring (bicyclic) bond motifs is 2. The lowest BCUT2D eigenvalue weighted by Crippen LogP contribution is -2.31. The van der Waals surface area contributed by atoms with Crippen molar-refractivity contribution in [3.05, 3.63) is 58.9 Å². The van der Waals surface area contributed by atoms with Gasteiger partial charge in [-0.3, -0.25) is 0 Å². The molecule has 3 heteroatoms. The summed E-state index contributed by atoms with van der Waals surface area (Å²) in [6, 6.07) is 10.9. The van der Waals surface area contributed by atoms with Crippen molar-refractivity contribution in [2.24, 2.45) is 7.05 Å². The Bertz CT molecular complexity index is 860. The Labute approximate surface area is 131 Å². The van der Waals surface area contributed by atoms with E-state index in [0.717, 1.165) is 25.3 Å². The third-order valence-corrected chi connectivity index (χ3v) is 5.12. The molecule has 0 aliphatic carbocycles. The molecule has 0 saturated heterocycles. The third-order valence-electron chi connectivity index (χ3n) is 5.12. The second-order valence-electron chi connectivity index (χ2n) is 6.24. The minimum Gasteiger partial charge on any atom is -0.351 e. The zero-order valence-corrected chi connectivity index (χ0v) is 13.4. The van der Waals surface area contributed by atoms with Crippen LogP contribution >= 0.6 is 0 Å². The highest BCUT2D eigenvalue weighted by Gasteiger charge is 2.21. The van der Waals surface area contributed by atoms with Crippen molar-refractivity contribution in [1.29, 1.82) is 0 Å². The fourth-order valence-electron chi connectivity index (χ4n) is 3.61. The molecule has 0 fully saturated rings. The van der Waals surface area contributed by atoms with E-state index in [1.165, 1.54) is 33.3 Å². The average molecular weight is 291 g/mol. The van der Waals surface area contributed by atoms with Crippen LogP contribution < -0.4 is 4.90 Å². The quantitative estimate of drug-likeness (QED) is 0.681. The number of hydrogen-bond donors (Lipinski definition) is 0. The zero-order valence-electron chi connectivity index (χ0n) is 13.4. The van der Waals surface area contributed by atoms with Gasteiger partial charge < -0.3 is 9.47 Å². The molecule has 0 radical (unpaired) electrons. The van der Waals surface area contributed by atoms with Gasteiger partial charge in [0.15, 0.2) is 0 Å². The lowest BCUT2D eigenvalue weighted by atomic mass is 9.99. The van der Waals surface area contributed by atoms with Crippen LogP contribution in [-0.2, 0) is 20.0 Å². The smallest absolute Gasteiger partial charge is 0.138 e. The molecule has 0 saturated carbocycles. The maximum absolute atomic E-state index is 4.73. The van der Waals surface area contributed by atoms with Gasteiger partial charge in [-0.25, -0.2) is 4.98 Å². The van der Waals surface area contributed by atoms with Gasteiger partial charge in [-0.1, -0.05) is 24.3 Å². The first-order chi connectivity index (χ1) is 10.7. The topological polar surface area (TPSA) is 21.1 Å². The van der Waals surface area contributed by atoms with Crippen molar-refractivity contribution in [2.45, 2.75) is 26.8 Å². The zero-order chi connectivity index (χ0) is 15.3. The fourth-order valence-corrected chi connectivity index (χ4v) is 3.61. The van der Waals surface area contributed by atoms with Crippen molar-refractivity contribution in [3.63, 3.8) is 0 Å². The molecule has 3 nitrogen and oxygen atoms in total. The average Bonchev–Trinajstić information content (AvgIpc) is 2.79. The molecule has 0 atom stereocenters. The molecule has 0 N–H and O–H groups in total. The van der Waals surface area contributed by atoms with Gasteiger partial charge in [0.1, 0.15) is 5.82 Å². The fraction of sp³-hybridized carbons (Fsp3) is 0.316. The number of benzene rings is 1. The summed E-state index contributed by atoms with van der Waals surface area (Å²) in [6.45, 7) is 6.39. The Kier molecular flexibility index (Phi) is 2.96. The minimum absolute atomic E-state index is 0.954. The molecule has 3 heterocycles. The highest BCUT2D eigenvalue weighted by Crippen LogP contribution is 2.33. The van der Waals surface area contributed by atoms with E-state index in [4.69, 9.17) is 4.98 Å². The highest BCUT2D eigenvalue weighted by molar-refractivity contribution is 5.94. The summed E-state index contributed by atoms with van der Waals surface area (Å²) in [7, 11) is 2.14. The van der Waals surface area contributed by atoms with Crippen LogP contribution in [-0.4, -0.2) is 16.1 Å². The molecule has 1 aliphatic heterocycles. The van der Waals surface area contributed by atoms with Crippen LogP contribution in [0.4, 0.5) is 5.82 Å². The van der Waals surface area contributed by atoms with Gasteiger partial charge in [0.05, 0.1) is 5.52 Å². The van der Waals surface area contributed by atoms with E-state index in [2.05, 4.69) is 60.7 Å². The number of pyridine rings is 1. The first-order valence-electron chi connectivity index (χ1n) is 7.89. The Hall–Kier alpha value is -2.29. The third kappa shape index (κ3) is 1.85. The van der Waals surface area contributed by atoms with Gasteiger partial charge in [-0.05, 0) is 43.0 Å². The largest absolute Gasteiger partial charge is 0.351 e. The van der Waals surface area contributed by atoms with Crippen LogP contribution in [0, 0.1) is 13.8 Å². The normalized spacial score (nSPS) is 14.4. The summed E-state index contributed by atoms with van der Waals surface area (Å²) in [5, 5.41) is 1.31. The number of aromatic nitrogens is 2. The molecule has 4 rings (SSSR count). The number of hydrogen-bond acceptors (Lipinski definition) is 2. The van der Waals surface area contributed by atoms with Crippen molar-refractivity contribution >= 4 is 16.7 Å². The van der Waals surface area contributed by atoms with Crippen LogP contribution in [0.3, 0.4) is 0 Å². The molecular formula is C19H21N3. The number of rotatable bonds is 1. The van der Waals surface area contributed by atoms with Crippen molar-refractivity contribution in [3.8, 4) is 0 Å². The first kappa shape index (κ1) is 13.4. The molecule has 2 aromatic heterocycles. The van der Waals surface area contributed by atoms with E-state index in [1.54, 1.807) is 0 Å². The van der Waals surface area contributed by atoms with Gasteiger partial charge in [-0.2, -0.15) is 0 Å². The maximum Gasteiger partial charge on any atom is 0.138 e. The lowest BCUT2D eigenvalue weighted by Gasteiger charge is -2.30. The molecule has 0 amide bonds. The summed E-state index contributed by atoms with van der Waals surface area (Å²) >= 11 is 0.